The van der Waals surface area contributed by atoms with Gasteiger partial charge in [0.25, 0.3) is 0 Å². The van der Waals surface area contributed by atoms with Crippen LogP contribution in [-0.2, 0) is 28.6 Å². The standard InChI is InChI=1S/C44H75NO6S2/c1-6-10-12-14-16-18-20-22-24-26-28-31-40(46)49-35-39(51-42(48)32-29-27-25-23-21-19-17-15-13-11-7-2)36-50-41(47)33-34-44(5,37-45)53-43(52)38(9-4)30-8-3/h8-9,30,39H,6-7,10-29,31-36H2,1-5H3/b30-8-,38-9+. The van der Waals surface area contributed by atoms with Crippen LogP contribution in [0.1, 0.15) is 202 Å². The average Bonchev–Trinajstić information content (AvgIpc) is 3.15. The second kappa shape index (κ2) is 35.5. The van der Waals surface area contributed by atoms with Crippen molar-refractivity contribution in [2.75, 3.05) is 13.2 Å². The molecule has 0 aromatic heterocycles. The van der Waals surface area contributed by atoms with Crippen LogP contribution in [-0.4, -0.2) is 46.2 Å². The fourth-order valence-electron chi connectivity index (χ4n) is 5.94. The summed E-state index contributed by atoms with van der Waals surface area (Å²) in [6.45, 7) is 9.65. The summed E-state index contributed by atoms with van der Waals surface area (Å²) in [5.41, 5.74) is 0.854. The molecule has 2 unspecified atom stereocenters. The van der Waals surface area contributed by atoms with Gasteiger partial charge in [-0.15, -0.1) is 0 Å². The van der Waals surface area contributed by atoms with Crippen LogP contribution in [0, 0.1) is 11.3 Å². The number of carbonyl (C=O) groups is 3. The first-order valence-electron chi connectivity index (χ1n) is 21.1. The van der Waals surface area contributed by atoms with E-state index in [1.807, 2.05) is 32.1 Å². The topological polar surface area (TPSA) is 103 Å². The van der Waals surface area contributed by atoms with E-state index in [2.05, 4.69) is 19.9 Å². The summed E-state index contributed by atoms with van der Waals surface area (Å²) in [6.07, 6.45) is 31.8. The predicted molar refractivity (Wildman–Crippen MR) is 226 cm³/mol. The van der Waals surface area contributed by atoms with Crippen LogP contribution in [0.5, 0.6) is 0 Å². The molecule has 9 heteroatoms. The Labute approximate surface area is 334 Å². The van der Waals surface area contributed by atoms with Crippen LogP contribution in [0.15, 0.2) is 23.8 Å². The van der Waals surface area contributed by atoms with Crippen molar-refractivity contribution in [3.05, 3.63) is 23.8 Å². The molecule has 0 bridgehead atoms. The minimum atomic E-state index is -0.920. The Hall–Kier alpha value is -2.18. The smallest absolute Gasteiger partial charge is 0.306 e. The fraction of sp³-hybridized carbons (Fsp3) is 0.795. The second-order valence-corrected chi connectivity index (χ2v) is 16.7. The number of hydrogen-bond acceptors (Lipinski definition) is 9. The highest BCUT2D eigenvalue weighted by atomic mass is 32.2. The van der Waals surface area contributed by atoms with E-state index in [0.717, 1.165) is 44.1 Å². The Morgan fingerprint density at radius 3 is 1.45 bits per heavy atom. The number of nitrogens with zero attached hydrogens (tertiary/aromatic N) is 1. The van der Waals surface area contributed by atoms with Gasteiger partial charge in [-0.2, -0.15) is 5.26 Å². The molecule has 0 rings (SSSR count). The third-order valence-corrected chi connectivity index (χ3v) is 11.0. The Bertz CT molecular complexity index is 1080. The van der Waals surface area contributed by atoms with E-state index in [9.17, 15) is 19.6 Å². The third kappa shape index (κ3) is 30.8. The van der Waals surface area contributed by atoms with Crippen molar-refractivity contribution in [3.8, 4) is 6.07 Å². The number of hydrogen-bond donors (Lipinski definition) is 0. The van der Waals surface area contributed by atoms with E-state index >= 15 is 0 Å². The van der Waals surface area contributed by atoms with Crippen LogP contribution >= 0.6 is 24.0 Å². The van der Waals surface area contributed by atoms with Gasteiger partial charge < -0.3 is 14.2 Å². The summed E-state index contributed by atoms with van der Waals surface area (Å²) >= 11 is 6.80. The summed E-state index contributed by atoms with van der Waals surface area (Å²) in [5.74, 6) is -1.24. The monoisotopic (exact) mass is 778 g/mol. The van der Waals surface area contributed by atoms with E-state index in [0.29, 0.717) is 10.6 Å². The minimum absolute atomic E-state index is 0.00743. The highest BCUT2D eigenvalue weighted by molar-refractivity contribution is 8.24. The summed E-state index contributed by atoms with van der Waals surface area (Å²) < 4.78 is 16.3. The fourth-order valence-corrected chi connectivity index (χ4v) is 7.64. The van der Waals surface area contributed by atoms with Gasteiger partial charge in [-0.25, -0.2) is 0 Å². The van der Waals surface area contributed by atoms with Crippen LogP contribution in [0.3, 0.4) is 0 Å². The van der Waals surface area contributed by atoms with Gasteiger partial charge in [0, 0.05) is 19.3 Å². The molecule has 304 valence electrons. The molecule has 2 atom stereocenters. The maximum absolute atomic E-state index is 12.8. The van der Waals surface area contributed by atoms with E-state index in [4.69, 9.17) is 26.4 Å². The molecule has 53 heavy (non-hydrogen) atoms. The molecule has 0 N–H and O–H groups in total. The largest absolute Gasteiger partial charge is 0.462 e. The number of carbonyl (C=O) groups excluding carboxylic acids is 3. The number of allylic oxidation sites excluding steroid dienone is 3. The molecule has 0 saturated heterocycles. The highest BCUT2D eigenvalue weighted by Crippen LogP contribution is 2.33. The van der Waals surface area contributed by atoms with E-state index in [1.54, 1.807) is 6.92 Å². The van der Waals surface area contributed by atoms with Crippen molar-refractivity contribution < 1.29 is 28.6 Å². The van der Waals surface area contributed by atoms with Crippen LogP contribution in [0.2, 0.25) is 0 Å². The van der Waals surface area contributed by atoms with Crippen molar-refractivity contribution in [2.45, 2.75) is 212 Å². The first-order chi connectivity index (χ1) is 25.6. The zero-order valence-corrected chi connectivity index (χ0v) is 36.0. The average molecular weight is 778 g/mol. The van der Waals surface area contributed by atoms with Gasteiger partial charge in [0.1, 0.15) is 18.0 Å². The summed E-state index contributed by atoms with van der Waals surface area (Å²) in [7, 11) is 0. The molecule has 0 aliphatic rings. The molecule has 7 nitrogen and oxygen atoms in total. The molecule has 0 fully saturated rings. The van der Waals surface area contributed by atoms with E-state index < -0.39 is 16.8 Å². The molecular formula is C44H75NO6S2. The van der Waals surface area contributed by atoms with Crippen molar-refractivity contribution in [2.24, 2.45) is 0 Å². The van der Waals surface area contributed by atoms with Crippen LogP contribution in [0.25, 0.3) is 0 Å². The van der Waals surface area contributed by atoms with E-state index in [1.165, 1.54) is 114 Å². The maximum atomic E-state index is 12.8. The predicted octanol–water partition coefficient (Wildman–Crippen LogP) is 13.0. The third-order valence-electron chi connectivity index (χ3n) is 9.38. The number of rotatable bonds is 35. The Morgan fingerprint density at radius 2 is 1.06 bits per heavy atom. The SMILES string of the molecule is C/C=C\C(=C/C)C(=S)SC(C)(C#N)CCC(=O)OCC(COC(=O)CCCCCCCCCCCCC)OC(=O)CCCCCCCCCCCCC. The van der Waals surface area contributed by atoms with Crippen molar-refractivity contribution in [1.82, 2.24) is 0 Å². The van der Waals surface area contributed by atoms with Crippen molar-refractivity contribution >= 4 is 46.1 Å². The lowest BCUT2D eigenvalue weighted by Gasteiger charge is -2.22. The maximum Gasteiger partial charge on any atom is 0.306 e. The lowest BCUT2D eigenvalue weighted by atomic mass is 10.1. The van der Waals surface area contributed by atoms with E-state index in [-0.39, 0.29) is 44.4 Å². The zero-order valence-electron chi connectivity index (χ0n) is 34.3. The van der Waals surface area contributed by atoms with Gasteiger partial charge in [-0.3, -0.25) is 14.4 Å². The van der Waals surface area contributed by atoms with Gasteiger partial charge >= 0.3 is 17.9 Å². The minimum Gasteiger partial charge on any atom is -0.462 e. The van der Waals surface area contributed by atoms with Gasteiger partial charge in [0.2, 0.25) is 0 Å². The first-order valence-corrected chi connectivity index (χ1v) is 22.3. The summed E-state index contributed by atoms with van der Waals surface area (Å²) in [6, 6.07) is 2.29. The number of unbranched alkanes of at least 4 members (excludes halogenated alkanes) is 20. The molecule has 0 aromatic rings. The lowest BCUT2D eigenvalue weighted by molar-refractivity contribution is -0.167. The Balaban J connectivity index is 4.80. The molecule has 0 amide bonds. The summed E-state index contributed by atoms with van der Waals surface area (Å²) in [4.78, 5) is 38.1. The molecular weight excluding hydrogens is 703 g/mol. The number of ether oxygens (including phenoxy) is 3. The van der Waals surface area contributed by atoms with Crippen LogP contribution < -0.4 is 0 Å². The van der Waals surface area contributed by atoms with Crippen molar-refractivity contribution in [1.29, 1.82) is 5.26 Å². The normalized spacial score (nSPS) is 13.3. The molecule has 0 aromatic carbocycles. The Kier molecular flexibility index (Phi) is 34.1. The van der Waals surface area contributed by atoms with Gasteiger partial charge in [-0.1, -0.05) is 184 Å². The van der Waals surface area contributed by atoms with Gasteiger partial charge in [0.15, 0.2) is 6.10 Å². The molecule has 0 aliphatic carbocycles. The van der Waals surface area contributed by atoms with Gasteiger partial charge in [0.05, 0.1) is 10.3 Å². The number of nitriles is 1. The number of thioether (sulfide) groups is 1. The molecule has 0 spiro atoms. The summed E-state index contributed by atoms with van der Waals surface area (Å²) in [5, 5.41) is 9.88. The van der Waals surface area contributed by atoms with Crippen LogP contribution in [0.4, 0.5) is 0 Å². The number of thiocarbonyl (C=S) groups is 1. The first kappa shape index (κ1) is 50.8. The zero-order chi connectivity index (χ0) is 39.4. The molecule has 0 heterocycles. The second-order valence-electron chi connectivity index (χ2n) is 14.5. The number of esters is 3. The molecule has 0 aliphatic heterocycles. The highest BCUT2D eigenvalue weighted by Gasteiger charge is 2.29. The Morgan fingerprint density at radius 1 is 0.660 bits per heavy atom. The lowest BCUT2D eigenvalue weighted by Crippen LogP contribution is -2.31. The van der Waals surface area contributed by atoms with Crippen molar-refractivity contribution in [3.63, 3.8) is 0 Å². The molecule has 0 saturated carbocycles. The van der Waals surface area contributed by atoms with Gasteiger partial charge in [-0.05, 0) is 45.6 Å². The molecule has 0 radical (unpaired) electrons. The quantitative estimate of drug-likeness (QED) is 0.0155.